The zero-order chi connectivity index (χ0) is 27.2. The Morgan fingerprint density at radius 1 is 0.949 bits per heavy atom. The van der Waals surface area contributed by atoms with Gasteiger partial charge in [0, 0.05) is 36.7 Å². The SMILES string of the molecule is C=C(C1CCCCC1)N(CC1CCC(c2ccc(OC)c(C)c2)CC1)c1cccc(N2CCC(CCC)C2)c1. The van der Waals surface area contributed by atoms with E-state index in [1.165, 1.54) is 118 Å². The van der Waals surface area contributed by atoms with Gasteiger partial charge in [-0.15, -0.1) is 0 Å². The lowest BCUT2D eigenvalue weighted by atomic mass is 9.78. The summed E-state index contributed by atoms with van der Waals surface area (Å²) < 4.78 is 5.50. The van der Waals surface area contributed by atoms with Crippen LogP contribution in [0.4, 0.5) is 11.4 Å². The average molecular weight is 529 g/mol. The van der Waals surface area contributed by atoms with Crippen LogP contribution in [0.5, 0.6) is 5.75 Å². The molecular formula is C36H52N2O. The first kappa shape index (κ1) is 28.1. The number of ether oxygens (including phenoxy) is 1. The highest BCUT2D eigenvalue weighted by atomic mass is 16.5. The van der Waals surface area contributed by atoms with Gasteiger partial charge in [-0.05, 0) is 117 Å². The summed E-state index contributed by atoms with van der Waals surface area (Å²) in [5, 5.41) is 0. The molecule has 3 aliphatic rings. The van der Waals surface area contributed by atoms with Gasteiger partial charge in [-0.25, -0.2) is 0 Å². The van der Waals surface area contributed by atoms with Crippen LogP contribution in [0.25, 0.3) is 0 Å². The maximum Gasteiger partial charge on any atom is 0.121 e. The van der Waals surface area contributed by atoms with E-state index in [0.717, 1.165) is 24.1 Å². The Balaban J connectivity index is 1.29. The van der Waals surface area contributed by atoms with Crippen molar-refractivity contribution >= 4 is 11.4 Å². The number of aryl methyl sites for hydroxylation is 1. The predicted octanol–water partition coefficient (Wildman–Crippen LogP) is 9.50. The van der Waals surface area contributed by atoms with Crippen molar-refractivity contribution in [1.29, 1.82) is 0 Å². The van der Waals surface area contributed by atoms with E-state index in [0.29, 0.717) is 11.8 Å². The number of hydrogen-bond donors (Lipinski definition) is 0. The predicted molar refractivity (Wildman–Crippen MR) is 167 cm³/mol. The lowest BCUT2D eigenvalue weighted by molar-refractivity contribution is 0.323. The maximum atomic E-state index is 5.50. The van der Waals surface area contributed by atoms with Crippen molar-refractivity contribution in [3.8, 4) is 5.75 Å². The molecule has 3 fully saturated rings. The Morgan fingerprint density at radius 2 is 1.74 bits per heavy atom. The quantitative estimate of drug-likeness (QED) is 0.305. The summed E-state index contributed by atoms with van der Waals surface area (Å²) in [6, 6.07) is 16.3. The van der Waals surface area contributed by atoms with Crippen LogP contribution in [-0.2, 0) is 0 Å². The van der Waals surface area contributed by atoms with Gasteiger partial charge in [0.25, 0.3) is 0 Å². The molecule has 3 heteroatoms. The molecular weight excluding hydrogens is 476 g/mol. The lowest BCUT2D eigenvalue weighted by Gasteiger charge is -2.38. The van der Waals surface area contributed by atoms with Crippen LogP contribution < -0.4 is 14.5 Å². The molecule has 1 heterocycles. The first-order valence-electron chi connectivity index (χ1n) is 16.0. The van der Waals surface area contributed by atoms with E-state index in [1.54, 1.807) is 7.11 Å². The Hall–Kier alpha value is -2.42. The van der Waals surface area contributed by atoms with Crippen LogP contribution in [0.1, 0.15) is 101 Å². The van der Waals surface area contributed by atoms with Gasteiger partial charge in [0.15, 0.2) is 0 Å². The van der Waals surface area contributed by atoms with Crippen molar-refractivity contribution in [2.75, 3.05) is 36.5 Å². The van der Waals surface area contributed by atoms with Gasteiger partial charge in [-0.3, -0.25) is 0 Å². The number of benzene rings is 2. The number of allylic oxidation sites excluding steroid dienone is 1. The summed E-state index contributed by atoms with van der Waals surface area (Å²) in [5.41, 5.74) is 6.91. The Labute approximate surface area is 238 Å². The van der Waals surface area contributed by atoms with Gasteiger partial charge in [-0.1, -0.05) is 57.4 Å². The van der Waals surface area contributed by atoms with E-state index in [2.05, 4.69) is 66.1 Å². The Bertz CT molecular complexity index is 1080. The molecule has 1 aliphatic heterocycles. The van der Waals surface area contributed by atoms with Crippen molar-refractivity contribution in [3.05, 3.63) is 65.9 Å². The minimum atomic E-state index is 0.641. The third-order valence-corrected chi connectivity index (χ3v) is 10.1. The molecule has 0 spiro atoms. The fourth-order valence-electron chi connectivity index (χ4n) is 7.71. The van der Waals surface area contributed by atoms with E-state index in [-0.39, 0.29) is 0 Å². The van der Waals surface area contributed by atoms with E-state index in [4.69, 9.17) is 11.3 Å². The summed E-state index contributed by atoms with van der Waals surface area (Å²) in [6.45, 7) is 12.8. The average Bonchev–Trinajstić information content (AvgIpc) is 3.45. The summed E-state index contributed by atoms with van der Waals surface area (Å²) >= 11 is 0. The van der Waals surface area contributed by atoms with E-state index < -0.39 is 0 Å². The molecule has 2 aromatic carbocycles. The highest BCUT2D eigenvalue weighted by molar-refractivity contribution is 5.62. The molecule has 3 nitrogen and oxygen atoms in total. The van der Waals surface area contributed by atoms with Crippen LogP contribution in [0, 0.1) is 24.7 Å². The smallest absolute Gasteiger partial charge is 0.121 e. The van der Waals surface area contributed by atoms with Crippen LogP contribution in [0.2, 0.25) is 0 Å². The molecule has 39 heavy (non-hydrogen) atoms. The second kappa shape index (κ2) is 13.3. The van der Waals surface area contributed by atoms with E-state index in [9.17, 15) is 0 Å². The minimum absolute atomic E-state index is 0.641. The molecule has 1 saturated heterocycles. The Kier molecular flexibility index (Phi) is 9.58. The molecule has 0 amide bonds. The summed E-state index contributed by atoms with van der Waals surface area (Å²) in [6.07, 6.45) is 15.9. The first-order chi connectivity index (χ1) is 19.1. The first-order valence-corrected chi connectivity index (χ1v) is 16.0. The van der Waals surface area contributed by atoms with Crippen LogP contribution in [0.15, 0.2) is 54.7 Å². The number of methoxy groups -OCH3 is 1. The number of rotatable bonds is 10. The fraction of sp³-hybridized carbons (Fsp3) is 0.611. The Morgan fingerprint density at radius 3 is 2.46 bits per heavy atom. The highest BCUT2D eigenvalue weighted by Gasteiger charge is 2.29. The third-order valence-electron chi connectivity index (χ3n) is 10.1. The molecule has 0 aromatic heterocycles. The van der Waals surface area contributed by atoms with E-state index in [1.807, 2.05) is 0 Å². The lowest BCUT2D eigenvalue weighted by Crippen LogP contribution is -2.34. The van der Waals surface area contributed by atoms with Crippen LogP contribution >= 0.6 is 0 Å². The molecule has 1 unspecified atom stereocenters. The molecule has 0 N–H and O–H groups in total. The van der Waals surface area contributed by atoms with Gasteiger partial charge in [0.1, 0.15) is 5.75 Å². The fourth-order valence-corrected chi connectivity index (χ4v) is 7.71. The molecule has 212 valence electrons. The van der Waals surface area contributed by atoms with Crippen molar-refractivity contribution in [3.63, 3.8) is 0 Å². The minimum Gasteiger partial charge on any atom is -0.496 e. The molecule has 0 radical (unpaired) electrons. The third kappa shape index (κ3) is 6.84. The summed E-state index contributed by atoms with van der Waals surface area (Å²) in [5.74, 6) is 3.90. The monoisotopic (exact) mass is 528 g/mol. The number of hydrogen-bond acceptors (Lipinski definition) is 3. The van der Waals surface area contributed by atoms with Gasteiger partial charge < -0.3 is 14.5 Å². The molecule has 5 rings (SSSR count). The molecule has 2 aliphatic carbocycles. The molecule has 2 aromatic rings. The second-order valence-electron chi connectivity index (χ2n) is 12.8. The van der Waals surface area contributed by atoms with Gasteiger partial charge >= 0.3 is 0 Å². The van der Waals surface area contributed by atoms with E-state index >= 15 is 0 Å². The maximum absolute atomic E-state index is 5.50. The second-order valence-corrected chi connectivity index (χ2v) is 12.8. The van der Waals surface area contributed by atoms with Gasteiger partial charge in [-0.2, -0.15) is 0 Å². The van der Waals surface area contributed by atoms with Crippen molar-refractivity contribution < 1.29 is 4.74 Å². The van der Waals surface area contributed by atoms with Gasteiger partial charge in [0.2, 0.25) is 0 Å². The molecule has 0 bridgehead atoms. The number of nitrogens with zero attached hydrogens (tertiary/aromatic N) is 2. The standard InChI is InChI=1S/C36H52N2O/c1-5-10-29-21-22-37(25-29)34-13-9-14-35(24-34)38(28(3)31-11-7-6-8-12-31)26-30-15-17-32(18-16-30)33-19-20-36(39-4)27(2)23-33/h9,13-14,19-20,23-24,29-32H,3,5-8,10-12,15-18,21-22,25-26H2,1-2,4H3. The van der Waals surface area contributed by atoms with Crippen molar-refractivity contribution in [2.45, 2.75) is 96.8 Å². The van der Waals surface area contributed by atoms with Crippen molar-refractivity contribution in [1.82, 2.24) is 0 Å². The molecule has 2 saturated carbocycles. The summed E-state index contributed by atoms with van der Waals surface area (Å²) in [7, 11) is 1.77. The van der Waals surface area contributed by atoms with Crippen LogP contribution in [0.3, 0.4) is 0 Å². The van der Waals surface area contributed by atoms with Crippen LogP contribution in [-0.4, -0.2) is 26.7 Å². The normalized spacial score (nSPS) is 24.1. The molecule has 1 atom stereocenters. The largest absolute Gasteiger partial charge is 0.496 e. The zero-order valence-corrected chi connectivity index (χ0v) is 25.0. The zero-order valence-electron chi connectivity index (χ0n) is 25.0. The summed E-state index contributed by atoms with van der Waals surface area (Å²) in [4.78, 5) is 5.29. The van der Waals surface area contributed by atoms with Gasteiger partial charge in [0.05, 0.1) is 7.11 Å². The topological polar surface area (TPSA) is 15.7 Å². The van der Waals surface area contributed by atoms with Crippen molar-refractivity contribution in [2.24, 2.45) is 17.8 Å². The number of anilines is 2. The highest BCUT2D eigenvalue weighted by Crippen LogP contribution is 2.40.